The van der Waals surface area contributed by atoms with Gasteiger partial charge in [0.1, 0.15) is 0 Å². The van der Waals surface area contributed by atoms with Crippen molar-refractivity contribution in [1.82, 2.24) is 15.2 Å². The van der Waals surface area contributed by atoms with Gasteiger partial charge >= 0.3 is 0 Å². The molecule has 0 amide bonds. The minimum Gasteiger partial charge on any atom is -0.475 e. The minimum atomic E-state index is 0.165. The third-order valence-corrected chi connectivity index (χ3v) is 4.88. The number of hydrogen-bond donors (Lipinski definition) is 1. The van der Waals surface area contributed by atoms with Gasteiger partial charge in [0.15, 0.2) is 0 Å². The van der Waals surface area contributed by atoms with E-state index in [1.54, 1.807) is 6.20 Å². The zero-order valence-corrected chi connectivity index (χ0v) is 13.4. The fraction of sp³-hybridized carbons (Fsp3) is 0.706. The number of aromatic nitrogens is 1. The maximum atomic E-state index is 5.80. The molecular weight excluding hydrogens is 262 g/mol. The third-order valence-electron chi connectivity index (χ3n) is 4.88. The Morgan fingerprint density at radius 2 is 2.05 bits per heavy atom. The Morgan fingerprint density at radius 3 is 2.71 bits per heavy atom. The van der Waals surface area contributed by atoms with E-state index in [1.165, 1.54) is 25.7 Å². The molecule has 3 heterocycles. The molecule has 0 aliphatic carbocycles. The lowest BCUT2D eigenvalue weighted by atomic mass is 9.98. The summed E-state index contributed by atoms with van der Waals surface area (Å²) in [6.45, 7) is 4.94. The molecule has 3 rings (SSSR count). The molecule has 2 unspecified atom stereocenters. The highest BCUT2D eigenvalue weighted by molar-refractivity contribution is 5.25. The number of nitrogens with zero attached hydrogens (tertiary/aromatic N) is 2. The van der Waals surface area contributed by atoms with Gasteiger partial charge in [-0.15, -0.1) is 0 Å². The zero-order chi connectivity index (χ0) is 14.8. The molecule has 0 saturated carbocycles. The van der Waals surface area contributed by atoms with Gasteiger partial charge in [0.25, 0.3) is 0 Å². The average Bonchev–Trinajstić information content (AvgIpc) is 2.68. The zero-order valence-electron chi connectivity index (χ0n) is 13.4. The van der Waals surface area contributed by atoms with E-state index < -0.39 is 0 Å². The van der Waals surface area contributed by atoms with Gasteiger partial charge in [-0.2, -0.15) is 0 Å². The second-order valence-electron chi connectivity index (χ2n) is 6.73. The average molecular weight is 289 g/mol. The summed E-state index contributed by atoms with van der Waals surface area (Å²) in [4.78, 5) is 6.95. The molecule has 1 N–H and O–H groups in total. The monoisotopic (exact) mass is 289 g/mol. The maximum absolute atomic E-state index is 5.80. The van der Waals surface area contributed by atoms with Crippen LogP contribution in [0.2, 0.25) is 0 Å². The van der Waals surface area contributed by atoms with Gasteiger partial charge in [-0.25, -0.2) is 4.98 Å². The van der Waals surface area contributed by atoms with Crippen LogP contribution in [-0.2, 0) is 6.54 Å². The molecule has 2 atom stereocenters. The van der Waals surface area contributed by atoms with Crippen LogP contribution in [0.25, 0.3) is 0 Å². The Labute approximate surface area is 127 Å². The fourth-order valence-corrected chi connectivity index (χ4v) is 3.72. The first-order chi connectivity index (χ1) is 10.1. The Bertz CT molecular complexity index is 463. The largest absolute Gasteiger partial charge is 0.475 e. The van der Waals surface area contributed by atoms with Crippen LogP contribution >= 0.6 is 0 Å². The third kappa shape index (κ3) is 3.38. The van der Waals surface area contributed by atoms with E-state index in [-0.39, 0.29) is 6.10 Å². The molecule has 1 aromatic rings. The van der Waals surface area contributed by atoms with Gasteiger partial charge in [-0.3, -0.25) is 0 Å². The van der Waals surface area contributed by atoms with E-state index in [1.807, 2.05) is 19.9 Å². The molecule has 4 nitrogen and oxygen atoms in total. The Morgan fingerprint density at radius 1 is 1.33 bits per heavy atom. The van der Waals surface area contributed by atoms with Crippen LogP contribution in [0.4, 0.5) is 0 Å². The summed E-state index contributed by atoms with van der Waals surface area (Å²) in [5, 5.41) is 3.73. The molecule has 2 aliphatic rings. The van der Waals surface area contributed by atoms with Gasteiger partial charge in [-0.1, -0.05) is 6.07 Å². The molecule has 0 spiro atoms. The van der Waals surface area contributed by atoms with Crippen molar-refractivity contribution in [2.45, 2.75) is 70.3 Å². The number of fused-ring (bicyclic) bond motifs is 2. The van der Waals surface area contributed by atoms with Crippen LogP contribution in [0.15, 0.2) is 18.3 Å². The van der Waals surface area contributed by atoms with Crippen molar-refractivity contribution in [2.75, 3.05) is 7.05 Å². The lowest BCUT2D eigenvalue weighted by Gasteiger charge is -2.36. The van der Waals surface area contributed by atoms with E-state index in [4.69, 9.17) is 4.74 Å². The molecule has 0 aromatic carbocycles. The molecule has 2 aliphatic heterocycles. The van der Waals surface area contributed by atoms with Crippen LogP contribution in [0, 0.1) is 0 Å². The van der Waals surface area contributed by atoms with Crippen molar-refractivity contribution >= 4 is 0 Å². The van der Waals surface area contributed by atoms with E-state index >= 15 is 0 Å². The molecule has 2 fully saturated rings. The Kier molecular flexibility index (Phi) is 4.45. The summed E-state index contributed by atoms with van der Waals surface area (Å²) in [6, 6.07) is 6.29. The molecule has 0 radical (unpaired) electrons. The summed E-state index contributed by atoms with van der Waals surface area (Å²) in [5.74, 6) is 0.774. The summed E-state index contributed by atoms with van der Waals surface area (Å²) in [5.41, 5.74) is 1.16. The van der Waals surface area contributed by atoms with E-state index in [2.05, 4.69) is 28.3 Å². The highest BCUT2D eigenvalue weighted by atomic mass is 16.5. The first kappa shape index (κ1) is 14.8. The molecule has 2 saturated heterocycles. The number of piperidine rings is 1. The maximum Gasteiger partial charge on any atom is 0.218 e. The summed E-state index contributed by atoms with van der Waals surface area (Å²) < 4.78 is 5.80. The van der Waals surface area contributed by atoms with Crippen molar-refractivity contribution in [2.24, 2.45) is 0 Å². The van der Waals surface area contributed by atoms with Gasteiger partial charge in [0, 0.05) is 36.4 Å². The summed E-state index contributed by atoms with van der Waals surface area (Å²) >= 11 is 0. The predicted octanol–water partition coefficient (Wildman–Crippen LogP) is 2.58. The van der Waals surface area contributed by atoms with Crippen LogP contribution in [0.3, 0.4) is 0 Å². The molecule has 21 heavy (non-hydrogen) atoms. The molecule has 4 heteroatoms. The number of nitrogens with one attached hydrogen (secondary N) is 1. The second kappa shape index (κ2) is 6.32. The molecule has 1 aromatic heterocycles. The van der Waals surface area contributed by atoms with Gasteiger partial charge in [-0.05, 0) is 52.6 Å². The molecule has 2 bridgehead atoms. The second-order valence-corrected chi connectivity index (χ2v) is 6.73. The number of rotatable bonds is 5. The Hall–Kier alpha value is -1.13. The number of pyridine rings is 1. The normalized spacial score (nSPS) is 29.0. The van der Waals surface area contributed by atoms with Crippen LogP contribution in [0.5, 0.6) is 5.88 Å². The lowest BCUT2D eigenvalue weighted by Crippen LogP contribution is -2.47. The van der Waals surface area contributed by atoms with Gasteiger partial charge in [0.05, 0.1) is 6.10 Å². The van der Waals surface area contributed by atoms with Gasteiger partial charge in [0.2, 0.25) is 5.88 Å². The van der Waals surface area contributed by atoms with Crippen molar-refractivity contribution in [3.05, 3.63) is 23.9 Å². The lowest BCUT2D eigenvalue weighted by molar-refractivity contribution is 0.148. The van der Waals surface area contributed by atoms with Crippen molar-refractivity contribution < 1.29 is 4.74 Å². The van der Waals surface area contributed by atoms with Crippen LogP contribution < -0.4 is 10.1 Å². The van der Waals surface area contributed by atoms with Crippen molar-refractivity contribution in [3.8, 4) is 5.88 Å². The standard InChI is InChI=1S/C17H27N3O/c1-12(2)21-17-13(5-4-8-18-17)11-19-14-9-15-6-7-16(10-14)20(15)3/h4-5,8,12,14-16,19H,6-7,9-11H2,1-3H3. The quantitative estimate of drug-likeness (QED) is 0.904. The highest BCUT2D eigenvalue weighted by Gasteiger charge is 2.38. The first-order valence-electron chi connectivity index (χ1n) is 8.19. The SMILES string of the molecule is CC(C)Oc1ncccc1CNC1CC2CCC(C1)N2C. The topological polar surface area (TPSA) is 37.4 Å². The van der Waals surface area contributed by atoms with Gasteiger partial charge < -0.3 is 15.0 Å². The highest BCUT2D eigenvalue weighted by Crippen LogP contribution is 2.34. The first-order valence-corrected chi connectivity index (χ1v) is 8.19. The fourth-order valence-electron chi connectivity index (χ4n) is 3.72. The van der Waals surface area contributed by atoms with Crippen molar-refractivity contribution in [1.29, 1.82) is 0 Å². The smallest absolute Gasteiger partial charge is 0.218 e. The molecule has 116 valence electrons. The summed E-state index contributed by atoms with van der Waals surface area (Å²) in [7, 11) is 2.29. The van der Waals surface area contributed by atoms with E-state index in [9.17, 15) is 0 Å². The Balaban J connectivity index is 1.58. The molecular formula is C17H27N3O. The van der Waals surface area contributed by atoms with Crippen LogP contribution in [-0.4, -0.2) is 41.2 Å². The predicted molar refractivity (Wildman–Crippen MR) is 84.4 cm³/mol. The number of hydrogen-bond acceptors (Lipinski definition) is 4. The summed E-state index contributed by atoms with van der Waals surface area (Å²) in [6.07, 6.45) is 7.25. The minimum absolute atomic E-state index is 0.165. The van der Waals surface area contributed by atoms with E-state index in [0.29, 0.717) is 6.04 Å². The van der Waals surface area contributed by atoms with Crippen LogP contribution in [0.1, 0.15) is 45.1 Å². The number of ether oxygens (including phenoxy) is 1. The van der Waals surface area contributed by atoms with E-state index in [0.717, 1.165) is 30.1 Å². The van der Waals surface area contributed by atoms with Crippen molar-refractivity contribution in [3.63, 3.8) is 0 Å².